The number of hydrogen-bond donors (Lipinski definition) is 1. The Morgan fingerprint density at radius 3 is 2.52 bits per heavy atom. The van der Waals surface area contributed by atoms with Crippen LogP contribution < -0.4 is 5.32 Å². The number of rotatable bonds is 7. The van der Waals surface area contributed by atoms with Gasteiger partial charge in [0.15, 0.2) is 0 Å². The van der Waals surface area contributed by atoms with Gasteiger partial charge in [0.1, 0.15) is 0 Å². The zero-order valence-corrected chi connectivity index (χ0v) is 16.4. The number of ether oxygens (including phenoxy) is 1. The molecule has 1 aromatic rings. The van der Waals surface area contributed by atoms with Gasteiger partial charge in [-0.25, -0.2) is 0 Å². The van der Waals surface area contributed by atoms with Crippen molar-refractivity contribution in [2.45, 2.75) is 44.6 Å². The molecule has 0 radical (unpaired) electrons. The number of carbonyl (C=O) groups excluding carboxylic acids is 1. The first-order chi connectivity index (χ1) is 13.3. The second kappa shape index (κ2) is 11.4. The van der Waals surface area contributed by atoms with Gasteiger partial charge < -0.3 is 15.0 Å². The molecule has 2 aliphatic rings. The minimum Gasteiger partial charge on any atom is -0.379 e. The maximum absolute atomic E-state index is 12.5. The average molecular weight is 375 g/mol. The number of nitrogens with zero attached hydrogens (tertiary/aromatic N) is 3. The number of hydrogen-bond acceptors (Lipinski definition) is 5. The largest absolute Gasteiger partial charge is 0.379 e. The molecule has 3 heterocycles. The molecule has 1 unspecified atom stereocenters. The van der Waals surface area contributed by atoms with E-state index in [-0.39, 0.29) is 11.9 Å². The van der Waals surface area contributed by atoms with Gasteiger partial charge in [0, 0.05) is 38.8 Å². The van der Waals surface area contributed by atoms with Crippen molar-refractivity contribution in [1.29, 1.82) is 0 Å². The predicted molar refractivity (Wildman–Crippen MR) is 107 cm³/mol. The van der Waals surface area contributed by atoms with E-state index in [9.17, 15) is 4.79 Å². The Balaban J connectivity index is 1.48. The van der Waals surface area contributed by atoms with Gasteiger partial charge in [0.05, 0.1) is 24.9 Å². The highest BCUT2D eigenvalue weighted by Gasteiger charge is 2.24. The van der Waals surface area contributed by atoms with E-state index in [2.05, 4.69) is 20.1 Å². The van der Waals surface area contributed by atoms with Gasteiger partial charge in [-0.1, -0.05) is 25.3 Å². The molecule has 3 rings (SSSR count). The molecule has 0 spiro atoms. The first kappa shape index (κ1) is 20.2. The molecular formula is C21H34N4O2. The molecule has 2 saturated heterocycles. The van der Waals surface area contributed by atoms with Crippen molar-refractivity contribution in [3.05, 3.63) is 30.1 Å². The van der Waals surface area contributed by atoms with E-state index in [0.29, 0.717) is 13.0 Å². The Morgan fingerprint density at radius 1 is 1.07 bits per heavy atom. The summed E-state index contributed by atoms with van der Waals surface area (Å²) in [5.41, 5.74) is 1.02. The van der Waals surface area contributed by atoms with Gasteiger partial charge in [-0.2, -0.15) is 0 Å². The molecule has 1 aromatic heterocycles. The van der Waals surface area contributed by atoms with Crippen LogP contribution in [-0.2, 0) is 9.53 Å². The SMILES string of the molecule is O=C(CCN1CCCCCCC1)NCC(c1ccccn1)N1CCOCC1. The molecule has 27 heavy (non-hydrogen) atoms. The molecule has 0 aromatic carbocycles. The average Bonchev–Trinajstić information content (AvgIpc) is 2.69. The summed E-state index contributed by atoms with van der Waals surface area (Å²) in [6.07, 6.45) is 8.96. The molecule has 1 atom stereocenters. The van der Waals surface area contributed by atoms with Gasteiger partial charge in [0.2, 0.25) is 5.91 Å². The van der Waals surface area contributed by atoms with Crippen molar-refractivity contribution in [1.82, 2.24) is 20.1 Å². The molecule has 2 aliphatic heterocycles. The lowest BCUT2D eigenvalue weighted by molar-refractivity contribution is -0.121. The van der Waals surface area contributed by atoms with E-state index in [1.54, 1.807) is 0 Å². The van der Waals surface area contributed by atoms with Crippen LogP contribution in [0.25, 0.3) is 0 Å². The summed E-state index contributed by atoms with van der Waals surface area (Å²) in [6, 6.07) is 6.11. The van der Waals surface area contributed by atoms with Crippen LogP contribution in [0, 0.1) is 0 Å². The number of amides is 1. The number of likely N-dealkylation sites (tertiary alicyclic amines) is 1. The maximum atomic E-state index is 12.5. The summed E-state index contributed by atoms with van der Waals surface area (Å²) in [6.45, 7) is 7.00. The summed E-state index contributed by atoms with van der Waals surface area (Å²) in [5.74, 6) is 0.145. The van der Waals surface area contributed by atoms with Crippen molar-refractivity contribution >= 4 is 5.91 Å². The lowest BCUT2D eigenvalue weighted by atomic mass is 10.1. The highest BCUT2D eigenvalue weighted by atomic mass is 16.5. The summed E-state index contributed by atoms with van der Waals surface area (Å²) < 4.78 is 5.48. The zero-order chi connectivity index (χ0) is 18.7. The van der Waals surface area contributed by atoms with Crippen LogP contribution in [0.2, 0.25) is 0 Å². The van der Waals surface area contributed by atoms with Crippen LogP contribution in [0.4, 0.5) is 0 Å². The molecule has 0 saturated carbocycles. The second-order valence-electron chi connectivity index (χ2n) is 7.58. The van der Waals surface area contributed by atoms with E-state index in [1.165, 1.54) is 32.1 Å². The highest BCUT2D eigenvalue weighted by Crippen LogP contribution is 2.19. The monoisotopic (exact) mass is 374 g/mol. The van der Waals surface area contributed by atoms with Crippen LogP contribution in [0.3, 0.4) is 0 Å². The zero-order valence-electron chi connectivity index (χ0n) is 16.4. The molecule has 1 amide bonds. The van der Waals surface area contributed by atoms with Crippen molar-refractivity contribution in [2.75, 3.05) is 52.5 Å². The van der Waals surface area contributed by atoms with Crippen molar-refractivity contribution in [3.63, 3.8) is 0 Å². The van der Waals surface area contributed by atoms with Crippen LogP contribution in [0.5, 0.6) is 0 Å². The van der Waals surface area contributed by atoms with Crippen LogP contribution in [-0.4, -0.2) is 73.2 Å². The highest BCUT2D eigenvalue weighted by molar-refractivity contribution is 5.76. The Labute approximate surface area is 163 Å². The first-order valence-electron chi connectivity index (χ1n) is 10.5. The Kier molecular flexibility index (Phi) is 8.52. The topological polar surface area (TPSA) is 57.7 Å². The fourth-order valence-electron chi connectivity index (χ4n) is 3.98. The molecule has 150 valence electrons. The smallest absolute Gasteiger partial charge is 0.221 e. The van der Waals surface area contributed by atoms with Gasteiger partial charge in [0.25, 0.3) is 0 Å². The third-order valence-corrected chi connectivity index (χ3v) is 5.61. The van der Waals surface area contributed by atoms with Crippen LogP contribution in [0.1, 0.15) is 50.3 Å². The fraction of sp³-hybridized carbons (Fsp3) is 0.714. The van der Waals surface area contributed by atoms with Crippen LogP contribution >= 0.6 is 0 Å². The fourth-order valence-corrected chi connectivity index (χ4v) is 3.98. The van der Waals surface area contributed by atoms with Crippen LogP contribution in [0.15, 0.2) is 24.4 Å². The normalized spacial score (nSPS) is 21.2. The standard InChI is InChI=1S/C21H34N4O2/c26-21(9-13-24-11-6-2-1-3-7-12-24)23-18-20(19-8-4-5-10-22-19)25-14-16-27-17-15-25/h4-5,8,10,20H,1-3,6-7,9,11-18H2,(H,23,26). The minimum absolute atomic E-state index is 0.112. The summed E-state index contributed by atoms with van der Waals surface area (Å²) in [4.78, 5) is 21.8. The third-order valence-electron chi connectivity index (χ3n) is 5.61. The molecule has 6 heteroatoms. The first-order valence-corrected chi connectivity index (χ1v) is 10.5. The van der Waals surface area contributed by atoms with E-state index in [0.717, 1.165) is 51.6 Å². The molecular weight excluding hydrogens is 340 g/mol. The second-order valence-corrected chi connectivity index (χ2v) is 7.58. The summed E-state index contributed by atoms with van der Waals surface area (Å²) in [7, 11) is 0. The third kappa shape index (κ3) is 6.87. The minimum atomic E-state index is 0.112. The van der Waals surface area contributed by atoms with E-state index < -0.39 is 0 Å². The van der Waals surface area contributed by atoms with E-state index in [4.69, 9.17) is 4.74 Å². The van der Waals surface area contributed by atoms with Gasteiger partial charge in [-0.05, 0) is 38.1 Å². The maximum Gasteiger partial charge on any atom is 0.221 e. The Hall–Kier alpha value is -1.50. The lowest BCUT2D eigenvalue weighted by Crippen LogP contribution is -2.44. The molecule has 0 aliphatic carbocycles. The number of morpholine rings is 1. The number of aromatic nitrogens is 1. The number of pyridine rings is 1. The van der Waals surface area contributed by atoms with Gasteiger partial charge >= 0.3 is 0 Å². The molecule has 6 nitrogen and oxygen atoms in total. The van der Waals surface area contributed by atoms with E-state index >= 15 is 0 Å². The number of nitrogens with one attached hydrogen (secondary N) is 1. The Bertz CT molecular complexity index is 540. The molecule has 0 bridgehead atoms. The van der Waals surface area contributed by atoms with Crippen molar-refractivity contribution in [3.8, 4) is 0 Å². The molecule has 1 N–H and O–H groups in total. The number of carbonyl (C=O) groups is 1. The van der Waals surface area contributed by atoms with Crippen molar-refractivity contribution < 1.29 is 9.53 Å². The van der Waals surface area contributed by atoms with Gasteiger partial charge in [-0.15, -0.1) is 0 Å². The summed E-state index contributed by atoms with van der Waals surface area (Å²) >= 11 is 0. The molecule has 2 fully saturated rings. The predicted octanol–water partition coefficient (Wildman–Crippen LogP) is 2.23. The van der Waals surface area contributed by atoms with E-state index in [1.807, 2.05) is 24.4 Å². The Morgan fingerprint density at radius 2 is 1.81 bits per heavy atom. The quantitative estimate of drug-likeness (QED) is 0.793. The van der Waals surface area contributed by atoms with Crippen molar-refractivity contribution in [2.24, 2.45) is 0 Å². The van der Waals surface area contributed by atoms with Gasteiger partial charge in [-0.3, -0.25) is 14.7 Å². The summed E-state index contributed by atoms with van der Waals surface area (Å²) in [5, 5.41) is 3.16. The lowest BCUT2D eigenvalue weighted by Gasteiger charge is -2.34.